The first-order valence-corrected chi connectivity index (χ1v) is 53.9. The van der Waals surface area contributed by atoms with Crippen molar-refractivity contribution in [1.82, 2.24) is 20.0 Å². The Morgan fingerprint density at radius 3 is 0.766 bits per heavy atom. The second-order valence-corrected chi connectivity index (χ2v) is 49.5. The maximum atomic E-state index is 11.0. The summed E-state index contributed by atoms with van der Waals surface area (Å²) in [4.78, 5) is 49.1. The molecule has 758 valence electrons. The number of fused-ring (bicyclic) bond motifs is 2. The van der Waals surface area contributed by atoms with Crippen molar-refractivity contribution >= 4 is 23.8 Å². The van der Waals surface area contributed by atoms with Gasteiger partial charge in [0.25, 0.3) is 0 Å². The van der Waals surface area contributed by atoms with Crippen molar-refractivity contribution in [2.75, 3.05) is 47.5 Å². The van der Waals surface area contributed by atoms with Crippen LogP contribution < -0.4 is 5.32 Å². The molecule has 128 heavy (non-hydrogen) atoms. The van der Waals surface area contributed by atoms with Crippen molar-refractivity contribution in [3.63, 3.8) is 0 Å². The van der Waals surface area contributed by atoms with E-state index < -0.39 is 0 Å². The Morgan fingerprint density at radius 2 is 0.594 bits per heavy atom. The Labute approximate surface area is 796 Å². The van der Waals surface area contributed by atoms with Crippen LogP contribution in [0.1, 0.15) is 436 Å². The van der Waals surface area contributed by atoms with Crippen molar-refractivity contribution < 1.29 is 47.6 Å². The predicted molar refractivity (Wildman–Crippen MR) is 547 cm³/mol. The van der Waals surface area contributed by atoms with Crippen LogP contribution >= 0.6 is 0 Å². The molecule has 0 aromatic heterocycles. The summed E-state index contributed by atoms with van der Waals surface area (Å²) in [6, 6.07) is 1.57. The quantitative estimate of drug-likeness (QED) is 0.149. The highest BCUT2D eigenvalue weighted by molar-refractivity contribution is 5.74. The molecule has 4 saturated heterocycles. The van der Waals surface area contributed by atoms with Gasteiger partial charge in [-0.25, -0.2) is 4.79 Å². The molecular formula is C114H222N4O10. The van der Waals surface area contributed by atoms with Crippen molar-refractivity contribution in [1.29, 1.82) is 0 Å². The molecular weight excluding hydrogens is 1590 g/mol. The van der Waals surface area contributed by atoms with Crippen molar-refractivity contribution in [3.8, 4) is 0 Å². The minimum atomic E-state index is -0.336. The third-order valence-corrected chi connectivity index (χ3v) is 33.5. The molecule has 11 saturated carbocycles. The average molecular weight is 1810 g/mol. The highest BCUT2D eigenvalue weighted by Gasteiger charge is 2.48. The third kappa shape index (κ3) is 45.6. The summed E-state index contributed by atoms with van der Waals surface area (Å²) in [5.41, 5.74) is 0.144. The molecule has 15 aliphatic rings. The predicted octanol–water partition coefficient (Wildman–Crippen LogP) is 30.1. The third-order valence-electron chi connectivity index (χ3n) is 33.5. The molecule has 0 spiro atoms. The molecule has 0 radical (unpaired) electrons. The van der Waals surface area contributed by atoms with Crippen LogP contribution in [0.2, 0.25) is 0 Å². The van der Waals surface area contributed by atoms with Gasteiger partial charge in [-0.15, -0.1) is 0 Å². The highest BCUT2D eigenvalue weighted by Crippen LogP contribution is 2.46. The van der Waals surface area contributed by atoms with Gasteiger partial charge in [-0.3, -0.25) is 14.4 Å². The largest absolute Gasteiger partial charge is 0.444 e. The van der Waals surface area contributed by atoms with E-state index in [-0.39, 0.29) is 48.7 Å². The van der Waals surface area contributed by atoms with Crippen LogP contribution in [0.25, 0.3) is 0 Å². The smallest absolute Gasteiger partial charge is 0.407 e. The fourth-order valence-corrected chi connectivity index (χ4v) is 20.6. The first-order chi connectivity index (χ1) is 59.0. The lowest BCUT2D eigenvalue weighted by molar-refractivity contribution is -0.154. The van der Waals surface area contributed by atoms with Gasteiger partial charge in [-0.2, -0.15) is 0 Å². The number of hydrogen-bond acceptors (Lipinski definition) is 10. The van der Waals surface area contributed by atoms with E-state index in [0.29, 0.717) is 55.0 Å². The summed E-state index contributed by atoms with van der Waals surface area (Å²) in [6.07, 6.45) is 39.3. The maximum Gasteiger partial charge on any atom is 0.407 e. The van der Waals surface area contributed by atoms with Crippen molar-refractivity contribution in [2.45, 2.75) is 496 Å². The number of rotatable bonds is 17. The van der Waals surface area contributed by atoms with E-state index in [1.54, 1.807) is 20.8 Å². The molecule has 4 aliphatic heterocycles. The Kier molecular flexibility index (Phi) is 57.2. The SMILES string of the molecule is C.CC(=O)N(C)C1CC(C(C)C)C1.CC(=O)N(C)C1CC(C(C)C)C1.CC(=O)N(C)C1CC(C(C)C)C1.CC(C)C1CC2OCCOC2C1.CC(C)C1CCC(C)(C)OC1.CC(C)C1CCC1.CC(C)C1CCC1.CC(C)C1CCC1.CC(C)C1C[C@@H]2OC(C)(C)O[C@@H]2C1.CC(C)CC1CNC(=O)O1.CC1CC(C(C)C)C1.CC1CC(C(C)C)C1.CC1CC(C(C)C)C1. The number of amides is 4. The summed E-state index contributed by atoms with van der Waals surface area (Å²) >= 11 is 0. The molecule has 0 aromatic rings. The monoisotopic (exact) mass is 1810 g/mol. The Morgan fingerprint density at radius 1 is 0.352 bits per heavy atom. The molecule has 5 unspecified atom stereocenters. The van der Waals surface area contributed by atoms with E-state index >= 15 is 0 Å². The van der Waals surface area contributed by atoms with Gasteiger partial charge in [0.2, 0.25) is 17.7 Å². The van der Waals surface area contributed by atoms with E-state index in [2.05, 4.69) is 220 Å². The average Bonchev–Trinajstić information content (AvgIpc) is 1.63. The zero-order valence-corrected chi connectivity index (χ0v) is 91.3. The maximum absolute atomic E-state index is 11.0. The number of cyclic esters (lactones) is 1. The Balaban J connectivity index is 0.000000471. The van der Waals surface area contributed by atoms with Gasteiger partial charge in [0.1, 0.15) is 6.10 Å². The van der Waals surface area contributed by atoms with Crippen LogP contribution in [0, 0.1) is 166 Å². The van der Waals surface area contributed by atoms with Gasteiger partial charge in [0, 0.05) is 60.0 Å². The molecule has 4 heterocycles. The van der Waals surface area contributed by atoms with E-state index in [0.717, 1.165) is 186 Å². The van der Waals surface area contributed by atoms with Gasteiger partial charge in [-0.05, 0) is 315 Å². The van der Waals surface area contributed by atoms with E-state index in [4.69, 9.17) is 28.4 Å². The minimum Gasteiger partial charge on any atom is -0.444 e. The summed E-state index contributed by atoms with van der Waals surface area (Å²) in [7, 11) is 5.72. The van der Waals surface area contributed by atoms with Crippen LogP contribution in [0.4, 0.5) is 4.79 Å². The second kappa shape index (κ2) is 60.3. The molecule has 14 nitrogen and oxygen atoms in total. The van der Waals surface area contributed by atoms with E-state index in [1.807, 2.05) is 49.7 Å². The van der Waals surface area contributed by atoms with Crippen LogP contribution in [0.3, 0.4) is 0 Å². The normalized spacial score (nSPS) is 31.6. The number of nitrogens with zero attached hydrogens (tertiary/aromatic N) is 3. The molecule has 11 aliphatic carbocycles. The number of hydrogen-bond donors (Lipinski definition) is 1. The van der Waals surface area contributed by atoms with Crippen LogP contribution in [0.5, 0.6) is 0 Å². The number of ether oxygens (including phenoxy) is 6. The minimum absolute atomic E-state index is 0. The molecule has 1 N–H and O–H groups in total. The van der Waals surface area contributed by atoms with Crippen LogP contribution in [-0.4, -0.2) is 146 Å². The van der Waals surface area contributed by atoms with Crippen LogP contribution in [-0.2, 0) is 42.8 Å². The fraction of sp³-hybridized carbons (Fsp3) is 0.965. The first kappa shape index (κ1) is 122. The molecule has 14 heteroatoms. The topological polar surface area (TPSA) is 145 Å². The van der Waals surface area contributed by atoms with Crippen LogP contribution in [0.15, 0.2) is 0 Å². The van der Waals surface area contributed by atoms with E-state index in [1.165, 1.54) is 173 Å². The Hall–Kier alpha value is -2.52. The molecule has 15 fully saturated rings. The lowest BCUT2D eigenvalue weighted by Gasteiger charge is -2.42. The van der Waals surface area contributed by atoms with Crippen molar-refractivity contribution in [2.24, 2.45) is 166 Å². The summed E-state index contributed by atoms with van der Waals surface area (Å²) in [5, 5.41) is 2.61. The summed E-state index contributed by atoms with van der Waals surface area (Å²) in [5.74, 6) is 25.6. The number of carbonyl (C=O) groups excluding carboxylic acids is 4. The van der Waals surface area contributed by atoms with Gasteiger partial charge in [0.15, 0.2) is 5.79 Å². The molecule has 4 amide bonds. The van der Waals surface area contributed by atoms with Gasteiger partial charge in [0.05, 0.1) is 56.4 Å². The molecule has 0 aromatic carbocycles. The molecule has 0 bridgehead atoms. The lowest BCUT2D eigenvalue weighted by Crippen LogP contribution is -2.46. The standard InChI is InChI=1S/C11H20O2.3C10H19NO.C10H18O2.C10H20O.3C8H16.C7H13NO2.3C7H14.CH4/c1-7(2)8-5-9-10(6-8)13-11(3,4)12-9;3*1-7(2)9-5-10(6-9)11(4)8(3)12;1-7(2)8-5-9-10(6-8)12-4-3-11-9;1-8(2)9-5-6-10(3,4)11-7-9;3*1-6(2)8-4-7(3)5-8;1-5(2)3-6-4-8-7(9)10-6;3*1-6(2)7-4-3-5-7;/h7-10H,5-6H2,1-4H3;3*7,9-10H,5-6H2,1-4H3;7-10H,3-6H2,1-2H3;8-9H,5-7H2,1-4H3;3*6-8H,4-5H2,1-3H3;5-6H,3-4H2,1-2H3,(H,8,9);3*6-7H,3-5H2,1-2H3;1H4/t8?,9-,10+;;;;;;;;;;;;;. The van der Waals surface area contributed by atoms with Crippen molar-refractivity contribution in [3.05, 3.63) is 0 Å². The fourth-order valence-electron chi connectivity index (χ4n) is 20.6. The number of nitrogens with one attached hydrogen (secondary N) is 1. The first-order valence-electron chi connectivity index (χ1n) is 53.9. The zero-order valence-electron chi connectivity index (χ0n) is 91.3. The lowest BCUT2D eigenvalue weighted by atomic mass is 9.71. The Bertz CT molecular complexity index is 2660. The zero-order chi connectivity index (χ0) is 96.4. The number of carbonyl (C=O) groups is 4. The number of alkyl carbamates (subject to hydrolysis) is 1. The van der Waals surface area contributed by atoms with E-state index in [9.17, 15) is 19.2 Å². The highest BCUT2D eigenvalue weighted by atomic mass is 16.8. The summed E-state index contributed by atoms with van der Waals surface area (Å²) < 4.78 is 33.6. The summed E-state index contributed by atoms with van der Waals surface area (Å²) in [6.45, 7) is 83.0. The molecule has 15 rings (SSSR count). The van der Waals surface area contributed by atoms with Gasteiger partial charge >= 0.3 is 6.09 Å². The second-order valence-electron chi connectivity index (χ2n) is 49.5. The van der Waals surface area contributed by atoms with Gasteiger partial charge < -0.3 is 48.4 Å². The van der Waals surface area contributed by atoms with Gasteiger partial charge in [-0.1, -0.05) is 266 Å². The molecule has 7 atom stereocenters.